The highest BCUT2D eigenvalue weighted by Crippen LogP contribution is 2.49. The number of amides is 1. The van der Waals surface area contributed by atoms with Gasteiger partial charge in [-0.2, -0.15) is 0 Å². The van der Waals surface area contributed by atoms with Gasteiger partial charge in [0.15, 0.2) is 0 Å². The fourth-order valence-electron chi connectivity index (χ4n) is 4.38. The van der Waals surface area contributed by atoms with Crippen LogP contribution in [-0.4, -0.2) is 5.91 Å². The van der Waals surface area contributed by atoms with E-state index >= 15 is 0 Å². The van der Waals surface area contributed by atoms with Crippen LogP contribution in [0.2, 0.25) is 5.02 Å². The van der Waals surface area contributed by atoms with E-state index in [4.69, 9.17) is 11.6 Å². The van der Waals surface area contributed by atoms with E-state index in [1.54, 1.807) is 11.3 Å². The van der Waals surface area contributed by atoms with E-state index in [0.29, 0.717) is 5.02 Å². The third-order valence-electron chi connectivity index (χ3n) is 5.59. The highest BCUT2D eigenvalue weighted by atomic mass is 35.5. The molecule has 0 saturated heterocycles. The number of nitrogens with one attached hydrogen (secondary N) is 1. The van der Waals surface area contributed by atoms with E-state index in [0.717, 1.165) is 24.1 Å². The van der Waals surface area contributed by atoms with Crippen LogP contribution in [0.15, 0.2) is 71.6 Å². The Labute approximate surface area is 167 Å². The lowest BCUT2D eigenvalue weighted by atomic mass is 9.72. The van der Waals surface area contributed by atoms with Gasteiger partial charge in [-0.1, -0.05) is 54.1 Å². The molecule has 1 N–H and O–H groups in total. The summed E-state index contributed by atoms with van der Waals surface area (Å²) in [5.74, 6) is -0.0978. The molecule has 2 nitrogen and oxygen atoms in total. The van der Waals surface area contributed by atoms with Crippen LogP contribution in [0, 0.1) is 0 Å². The molecule has 2 unspecified atom stereocenters. The Morgan fingerprint density at radius 1 is 0.926 bits per heavy atom. The third kappa shape index (κ3) is 2.82. The van der Waals surface area contributed by atoms with Gasteiger partial charge in [0.1, 0.15) is 0 Å². The van der Waals surface area contributed by atoms with Crippen LogP contribution in [-0.2, 0) is 11.2 Å². The number of rotatable bonds is 2. The van der Waals surface area contributed by atoms with Gasteiger partial charge < -0.3 is 5.32 Å². The summed E-state index contributed by atoms with van der Waals surface area (Å²) in [6, 6.07) is 20.3. The lowest BCUT2D eigenvalue weighted by molar-refractivity contribution is -0.122. The Bertz CT molecular complexity index is 1040. The zero-order valence-electron chi connectivity index (χ0n) is 14.6. The molecular weight excluding hydrogens is 374 g/mol. The van der Waals surface area contributed by atoms with Crippen molar-refractivity contribution < 1.29 is 4.79 Å². The van der Waals surface area contributed by atoms with Crippen molar-refractivity contribution in [3.05, 3.63) is 98.2 Å². The average molecular weight is 392 g/mol. The van der Waals surface area contributed by atoms with E-state index in [-0.39, 0.29) is 17.7 Å². The minimum atomic E-state index is -0.232. The van der Waals surface area contributed by atoms with Gasteiger partial charge in [0.2, 0.25) is 5.91 Å². The average Bonchev–Trinajstić information content (AvgIpc) is 3.22. The molecular formula is C23H18ClNOS. The summed E-state index contributed by atoms with van der Waals surface area (Å²) >= 11 is 7.81. The number of allylic oxidation sites excluding steroid dienone is 1. The van der Waals surface area contributed by atoms with Crippen LogP contribution in [0.3, 0.4) is 0 Å². The summed E-state index contributed by atoms with van der Waals surface area (Å²) in [6.45, 7) is 0. The van der Waals surface area contributed by atoms with E-state index in [2.05, 4.69) is 41.0 Å². The molecule has 0 saturated carbocycles. The molecule has 2 atom stereocenters. The first-order valence-electron chi connectivity index (χ1n) is 9.13. The van der Waals surface area contributed by atoms with Crippen LogP contribution >= 0.6 is 22.9 Å². The van der Waals surface area contributed by atoms with Crippen molar-refractivity contribution in [2.45, 2.75) is 24.7 Å². The Morgan fingerprint density at radius 2 is 1.74 bits per heavy atom. The van der Waals surface area contributed by atoms with Crippen molar-refractivity contribution in [1.82, 2.24) is 5.32 Å². The molecule has 2 aliphatic rings. The predicted octanol–water partition coefficient (Wildman–Crippen LogP) is 5.76. The fourth-order valence-corrected chi connectivity index (χ4v) is 5.40. The third-order valence-corrected chi connectivity index (χ3v) is 6.80. The quantitative estimate of drug-likeness (QED) is 0.591. The van der Waals surface area contributed by atoms with Crippen molar-refractivity contribution in [3.63, 3.8) is 0 Å². The number of carbonyl (C=O) groups excluding carboxylic acids is 1. The van der Waals surface area contributed by atoms with Gasteiger partial charge in [0, 0.05) is 27.1 Å². The topological polar surface area (TPSA) is 29.1 Å². The van der Waals surface area contributed by atoms with Crippen LogP contribution in [0.25, 0.3) is 5.70 Å². The Balaban J connectivity index is 1.70. The Kier molecular flexibility index (Phi) is 4.14. The summed E-state index contributed by atoms with van der Waals surface area (Å²) < 4.78 is 0. The standard InChI is InChI=1S/C23H18ClNOS/c24-16-10-7-15(8-11-16)20-21(19-6-3-13-27-19)18-12-9-14-4-1-2-5-17(14)22(18)25-23(20)26/h1-8,10-11,13,20-21H,9,12H2,(H,25,26). The van der Waals surface area contributed by atoms with Crippen LogP contribution in [0.4, 0.5) is 0 Å². The largest absolute Gasteiger partial charge is 0.325 e. The zero-order valence-corrected chi connectivity index (χ0v) is 16.2. The van der Waals surface area contributed by atoms with Gasteiger partial charge in [-0.25, -0.2) is 0 Å². The molecule has 1 aliphatic carbocycles. The summed E-state index contributed by atoms with van der Waals surface area (Å²) in [5.41, 5.74) is 5.86. The molecule has 27 heavy (non-hydrogen) atoms. The van der Waals surface area contributed by atoms with Crippen molar-refractivity contribution in [3.8, 4) is 0 Å². The Morgan fingerprint density at radius 3 is 2.52 bits per heavy atom. The monoisotopic (exact) mass is 391 g/mol. The SMILES string of the molecule is O=C1NC2=C(CCc3ccccc32)C(c2cccs2)C1c1ccc(Cl)cc1. The van der Waals surface area contributed by atoms with Gasteiger partial charge in [-0.15, -0.1) is 11.3 Å². The normalized spacial score (nSPS) is 21.4. The predicted molar refractivity (Wildman–Crippen MR) is 111 cm³/mol. The molecule has 1 aromatic heterocycles. The maximum absolute atomic E-state index is 13.3. The van der Waals surface area contributed by atoms with Gasteiger partial charge in [0.05, 0.1) is 5.92 Å². The summed E-state index contributed by atoms with van der Waals surface area (Å²) in [4.78, 5) is 14.5. The zero-order chi connectivity index (χ0) is 18.4. The minimum Gasteiger partial charge on any atom is -0.325 e. The molecule has 2 heterocycles. The van der Waals surface area contributed by atoms with Crippen molar-refractivity contribution in [2.75, 3.05) is 0 Å². The Hall–Kier alpha value is -2.36. The molecule has 0 fully saturated rings. The number of hydrogen-bond acceptors (Lipinski definition) is 2. The van der Waals surface area contributed by atoms with Gasteiger partial charge in [0.25, 0.3) is 0 Å². The number of thiophene rings is 1. The van der Waals surface area contributed by atoms with Crippen molar-refractivity contribution in [1.29, 1.82) is 0 Å². The lowest BCUT2D eigenvalue weighted by Crippen LogP contribution is -2.39. The molecule has 3 aromatic rings. The second kappa shape index (κ2) is 6.66. The van der Waals surface area contributed by atoms with Gasteiger partial charge >= 0.3 is 0 Å². The number of halogens is 1. The number of fused-ring (bicyclic) bond motifs is 2. The van der Waals surface area contributed by atoms with Crippen LogP contribution in [0.1, 0.15) is 39.8 Å². The molecule has 2 aromatic carbocycles. The maximum Gasteiger partial charge on any atom is 0.232 e. The van der Waals surface area contributed by atoms with E-state index in [9.17, 15) is 4.79 Å². The van der Waals surface area contributed by atoms with Crippen LogP contribution < -0.4 is 5.32 Å². The number of benzene rings is 2. The summed E-state index contributed by atoms with van der Waals surface area (Å²) in [5, 5.41) is 6.03. The number of carbonyl (C=O) groups is 1. The molecule has 0 spiro atoms. The fraction of sp³-hybridized carbons (Fsp3) is 0.174. The first-order valence-corrected chi connectivity index (χ1v) is 10.4. The maximum atomic E-state index is 13.3. The van der Waals surface area contributed by atoms with E-state index in [1.165, 1.54) is 21.6 Å². The smallest absolute Gasteiger partial charge is 0.232 e. The molecule has 1 aliphatic heterocycles. The highest BCUT2D eigenvalue weighted by molar-refractivity contribution is 7.10. The molecule has 134 valence electrons. The lowest BCUT2D eigenvalue weighted by Gasteiger charge is -2.38. The van der Waals surface area contributed by atoms with Crippen molar-refractivity contribution in [2.24, 2.45) is 0 Å². The summed E-state index contributed by atoms with van der Waals surface area (Å²) in [6.07, 6.45) is 1.99. The molecule has 0 bridgehead atoms. The van der Waals surface area contributed by atoms with Crippen LogP contribution in [0.5, 0.6) is 0 Å². The second-order valence-corrected chi connectivity index (χ2v) is 8.48. The van der Waals surface area contributed by atoms with Gasteiger partial charge in [-0.3, -0.25) is 4.79 Å². The first kappa shape index (κ1) is 16.8. The summed E-state index contributed by atoms with van der Waals surface area (Å²) in [7, 11) is 0. The molecule has 1 amide bonds. The van der Waals surface area contributed by atoms with Crippen molar-refractivity contribution >= 4 is 34.5 Å². The first-order chi connectivity index (χ1) is 13.2. The second-order valence-electron chi connectivity index (χ2n) is 7.07. The van der Waals surface area contributed by atoms with E-state index in [1.807, 2.05) is 30.3 Å². The molecule has 4 heteroatoms. The minimum absolute atomic E-state index is 0.0613. The highest BCUT2D eigenvalue weighted by Gasteiger charge is 2.41. The van der Waals surface area contributed by atoms with Gasteiger partial charge in [-0.05, 0) is 53.1 Å². The van der Waals surface area contributed by atoms with E-state index < -0.39 is 0 Å². The molecule has 0 radical (unpaired) electrons. The number of aryl methyl sites for hydroxylation is 1. The number of hydrogen-bond donors (Lipinski definition) is 1. The molecule has 5 rings (SSSR count).